The number of piperidine rings is 2. The topological polar surface area (TPSA) is 127 Å². The van der Waals surface area contributed by atoms with Crippen molar-refractivity contribution in [2.24, 2.45) is 0 Å². The number of nitrogens with zero attached hydrogens (tertiary/aromatic N) is 3. The van der Waals surface area contributed by atoms with Gasteiger partial charge in [0.05, 0.1) is 11.8 Å². The van der Waals surface area contributed by atoms with E-state index in [0.29, 0.717) is 6.04 Å². The van der Waals surface area contributed by atoms with Crippen molar-refractivity contribution in [3.63, 3.8) is 0 Å². The zero-order chi connectivity index (χ0) is 27.7. The fourth-order valence-electron chi connectivity index (χ4n) is 3.95. The number of aromatic nitrogens is 1. The van der Waals surface area contributed by atoms with Gasteiger partial charge in [-0.25, -0.2) is 9.59 Å². The number of carbonyl (C=O) groups is 2. The Labute approximate surface area is 203 Å². The summed E-state index contributed by atoms with van der Waals surface area (Å²) in [4.78, 5) is 22.9. The first-order valence-corrected chi connectivity index (χ1v) is 11.2. The van der Waals surface area contributed by atoms with Gasteiger partial charge >= 0.3 is 24.3 Å². The molecule has 2 fully saturated rings. The number of halogens is 6. The predicted octanol–water partition coefficient (Wildman–Crippen LogP) is 3.02. The number of carboxylic acid groups (broad SMARTS) is 2. The second kappa shape index (κ2) is 13.8. The molecule has 0 amide bonds. The van der Waals surface area contributed by atoms with Gasteiger partial charge < -0.3 is 24.7 Å². The number of aliphatic hydroxyl groups excluding tert-OH is 1. The molecule has 2 aliphatic rings. The minimum absolute atomic E-state index is 0.105. The SMILES string of the molecule is Cc1noc(C)c1CCN1CCC(N2CCCC(O)C2)CC1.O=C(O)C(F)(F)F.O=C(O)C(F)(F)F. The Morgan fingerprint density at radius 1 is 0.972 bits per heavy atom. The van der Waals surface area contributed by atoms with Gasteiger partial charge in [0.2, 0.25) is 0 Å². The lowest BCUT2D eigenvalue weighted by molar-refractivity contribution is -0.193. The molecule has 9 nitrogen and oxygen atoms in total. The molecule has 1 unspecified atom stereocenters. The molecule has 1 aromatic heterocycles. The van der Waals surface area contributed by atoms with Gasteiger partial charge in [-0.1, -0.05) is 5.16 Å². The average molecular weight is 535 g/mol. The van der Waals surface area contributed by atoms with Crippen LogP contribution in [0.15, 0.2) is 4.52 Å². The maximum absolute atomic E-state index is 10.6. The van der Waals surface area contributed by atoms with Crippen molar-refractivity contribution in [2.45, 2.75) is 70.4 Å². The normalized spacial score (nSPS) is 20.1. The maximum atomic E-state index is 10.6. The van der Waals surface area contributed by atoms with Crippen LogP contribution >= 0.6 is 0 Å². The Morgan fingerprint density at radius 2 is 1.47 bits per heavy atom. The highest BCUT2D eigenvalue weighted by Gasteiger charge is 2.39. The quantitative estimate of drug-likeness (QED) is 0.499. The van der Waals surface area contributed by atoms with Gasteiger partial charge in [-0.05, 0) is 65.6 Å². The summed E-state index contributed by atoms with van der Waals surface area (Å²) >= 11 is 0. The Hall–Kier alpha value is -2.39. The van der Waals surface area contributed by atoms with Gasteiger partial charge in [0.15, 0.2) is 0 Å². The van der Waals surface area contributed by atoms with Crippen molar-refractivity contribution in [3.8, 4) is 0 Å². The molecule has 2 aliphatic heterocycles. The first kappa shape index (κ1) is 31.6. The molecule has 3 N–H and O–H groups in total. The van der Waals surface area contributed by atoms with Gasteiger partial charge in [0.25, 0.3) is 0 Å². The Balaban J connectivity index is 0.000000383. The maximum Gasteiger partial charge on any atom is 0.490 e. The first-order chi connectivity index (χ1) is 16.5. The Kier molecular flexibility index (Phi) is 12.1. The summed E-state index contributed by atoms with van der Waals surface area (Å²) in [6.45, 7) is 9.51. The van der Waals surface area contributed by atoms with Gasteiger partial charge in [-0.3, -0.25) is 4.90 Å². The number of hydrogen-bond acceptors (Lipinski definition) is 7. The molecule has 0 spiro atoms. The largest absolute Gasteiger partial charge is 0.490 e. The van der Waals surface area contributed by atoms with E-state index in [9.17, 15) is 31.4 Å². The lowest BCUT2D eigenvalue weighted by atomic mass is 9.98. The molecular weight excluding hydrogens is 504 g/mol. The molecule has 2 saturated heterocycles. The third-order valence-electron chi connectivity index (χ3n) is 5.85. The van der Waals surface area contributed by atoms with Crippen LogP contribution in [0.4, 0.5) is 26.3 Å². The number of β-amino-alcohol motifs (C(OH)–C–C–N with tert-alkyl or cyclic N) is 1. The molecule has 208 valence electrons. The molecule has 0 saturated carbocycles. The van der Waals surface area contributed by atoms with Crippen LogP contribution in [0.2, 0.25) is 0 Å². The smallest absolute Gasteiger partial charge is 0.475 e. The average Bonchev–Trinajstić information content (AvgIpc) is 3.09. The van der Waals surface area contributed by atoms with E-state index in [1.54, 1.807) is 0 Å². The van der Waals surface area contributed by atoms with Crippen molar-refractivity contribution >= 4 is 11.9 Å². The van der Waals surface area contributed by atoms with E-state index >= 15 is 0 Å². The number of aliphatic carboxylic acids is 2. The minimum atomic E-state index is -5.08. The molecule has 36 heavy (non-hydrogen) atoms. The van der Waals surface area contributed by atoms with Gasteiger partial charge in [-0.2, -0.15) is 26.3 Å². The Morgan fingerprint density at radius 3 is 1.86 bits per heavy atom. The van der Waals surface area contributed by atoms with Gasteiger partial charge in [0, 0.05) is 24.7 Å². The summed E-state index contributed by atoms with van der Waals surface area (Å²) in [7, 11) is 0. The number of hydrogen-bond donors (Lipinski definition) is 3. The highest BCUT2D eigenvalue weighted by atomic mass is 19.4. The number of alkyl halides is 6. The monoisotopic (exact) mass is 535 g/mol. The molecule has 3 heterocycles. The number of rotatable bonds is 4. The second-order valence-electron chi connectivity index (χ2n) is 8.52. The Bertz CT molecular complexity index is 794. The molecule has 0 bridgehead atoms. The highest BCUT2D eigenvalue weighted by molar-refractivity contribution is 5.73. The molecule has 0 radical (unpaired) electrons. The van der Waals surface area contributed by atoms with Crippen molar-refractivity contribution in [1.82, 2.24) is 15.0 Å². The molecular formula is C21H31F6N3O6. The number of aliphatic hydroxyl groups is 1. The van der Waals surface area contributed by atoms with E-state index < -0.39 is 24.3 Å². The van der Waals surface area contributed by atoms with E-state index in [1.807, 2.05) is 13.8 Å². The molecule has 3 rings (SSSR count). The summed E-state index contributed by atoms with van der Waals surface area (Å²) in [6, 6.07) is 0.672. The van der Waals surface area contributed by atoms with Crippen LogP contribution in [-0.4, -0.2) is 99.4 Å². The van der Waals surface area contributed by atoms with E-state index in [2.05, 4.69) is 15.0 Å². The lowest BCUT2D eigenvalue weighted by Gasteiger charge is -2.41. The van der Waals surface area contributed by atoms with Gasteiger partial charge in [0.1, 0.15) is 5.76 Å². The minimum Gasteiger partial charge on any atom is -0.475 e. The van der Waals surface area contributed by atoms with Crippen LogP contribution in [0, 0.1) is 13.8 Å². The van der Waals surface area contributed by atoms with Crippen molar-refractivity contribution in [3.05, 3.63) is 17.0 Å². The molecule has 1 aromatic rings. The summed E-state index contributed by atoms with van der Waals surface area (Å²) in [5.74, 6) is -4.55. The third-order valence-corrected chi connectivity index (χ3v) is 5.85. The standard InChI is InChI=1S/C17H29N3O2.2C2HF3O2/c1-13-17(14(2)22-18-13)7-11-19-9-5-15(6-10-19)20-8-3-4-16(21)12-20;2*3-2(4,5)1(6)7/h15-16,21H,3-12H2,1-2H3;2*(H,6,7). The van der Waals surface area contributed by atoms with Crippen LogP contribution in [0.1, 0.15) is 42.7 Å². The van der Waals surface area contributed by atoms with Crippen LogP contribution in [0.5, 0.6) is 0 Å². The predicted molar refractivity (Wildman–Crippen MR) is 113 cm³/mol. The lowest BCUT2D eigenvalue weighted by Crippen LogP contribution is -2.49. The summed E-state index contributed by atoms with van der Waals surface area (Å²) in [6.07, 6.45) is -4.65. The molecule has 0 aromatic carbocycles. The highest BCUT2D eigenvalue weighted by Crippen LogP contribution is 2.22. The van der Waals surface area contributed by atoms with Crippen LogP contribution in [0.25, 0.3) is 0 Å². The van der Waals surface area contributed by atoms with E-state index in [4.69, 9.17) is 24.3 Å². The van der Waals surface area contributed by atoms with Crippen LogP contribution < -0.4 is 0 Å². The molecule has 0 aliphatic carbocycles. The second-order valence-corrected chi connectivity index (χ2v) is 8.52. The number of aryl methyl sites for hydroxylation is 2. The van der Waals surface area contributed by atoms with Gasteiger partial charge in [-0.15, -0.1) is 0 Å². The van der Waals surface area contributed by atoms with E-state index in [-0.39, 0.29) is 6.10 Å². The molecule has 15 heteroatoms. The van der Waals surface area contributed by atoms with Crippen LogP contribution in [0.3, 0.4) is 0 Å². The van der Waals surface area contributed by atoms with Crippen molar-refractivity contribution in [1.29, 1.82) is 0 Å². The summed E-state index contributed by atoms with van der Waals surface area (Å²) in [5.41, 5.74) is 2.32. The fourth-order valence-corrected chi connectivity index (χ4v) is 3.95. The van der Waals surface area contributed by atoms with E-state index in [1.165, 1.54) is 38.0 Å². The molecule has 1 atom stereocenters. The number of likely N-dealkylation sites (tertiary alicyclic amines) is 2. The summed E-state index contributed by atoms with van der Waals surface area (Å²) in [5, 5.41) is 28.1. The zero-order valence-electron chi connectivity index (χ0n) is 19.9. The third kappa shape index (κ3) is 11.1. The van der Waals surface area contributed by atoms with Crippen molar-refractivity contribution < 1.29 is 55.8 Å². The number of carboxylic acids is 2. The first-order valence-electron chi connectivity index (χ1n) is 11.2. The van der Waals surface area contributed by atoms with Crippen molar-refractivity contribution in [2.75, 3.05) is 32.7 Å². The van der Waals surface area contributed by atoms with Crippen LogP contribution in [-0.2, 0) is 16.0 Å². The fraction of sp³-hybridized carbons (Fsp3) is 0.762. The summed E-state index contributed by atoms with van der Waals surface area (Å²) < 4.78 is 68.7. The van der Waals surface area contributed by atoms with E-state index in [0.717, 1.165) is 43.8 Å². The zero-order valence-corrected chi connectivity index (χ0v) is 19.9.